The molecule has 0 N–H and O–H groups in total. The molecule has 0 unspecified atom stereocenters. The van der Waals surface area contributed by atoms with Crippen molar-refractivity contribution >= 4 is 21.6 Å². The van der Waals surface area contributed by atoms with Gasteiger partial charge < -0.3 is 0 Å². The zero-order valence-corrected chi connectivity index (χ0v) is 7.13. The van der Waals surface area contributed by atoms with E-state index in [1.54, 1.807) is 6.07 Å². The van der Waals surface area contributed by atoms with Gasteiger partial charge >= 0.3 is 0 Å². The van der Waals surface area contributed by atoms with Crippen LogP contribution in [-0.4, -0.2) is 11.8 Å². The maximum Gasteiger partial charge on any atom is 0.269 e. The van der Waals surface area contributed by atoms with Crippen molar-refractivity contribution in [3.05, 3.63) is 33.6 Å². The number of rotatable bonds is 1. The highest BCUT2D eigenvalue weighted by Gasteiger charge is 2.09. The van der Waals surface area contributed by atoms with Gasteiger partial charge in [-0.2, -0.15) is 0 Å². The van der Waals surface area contributed by atoms with Crippen molar-refractivity contribution in [3.63, 3.8) is 0 Å². The largest absolute Gasteiger partial charge is 0.269 e. The van der Waals surface area contributed by atoms with Crippen LogP contribution >= 0.6 is 15.9 Å². The summed E-state index contributed by atoms with van der Waals surface area (Å²) in [7, 11) is 1.47. The molecule has 10 heavy (non-hydrogen) atoms. The van der Waals surface area contributed by atoms with E-state index < -0.39 is 0 Å². The molecule has 0 saturated carbocycles. The highest BCUT2D eigenvalue weighted by Crippen LogP contribution is 2.22. The van der Waals surface area contributed by atoms with Gasteiger partial charge in [-0.1, -0.05) is 12.1 Å². The van der Waals surface area contributed by atoms with Crippen LogP contribution in [0.5, 0.6) is 0 Å². The molecule has 0 aliphatic heterocycles. The molecule has 0 aromatic heterocycles. The average molecular weight is 201 g/mol. The van der Waals surface area contributed by atoms with Gasteiger partial charge in [-0.15, -0.1) is 0 Å². The monoisotopic (exact) mass is 200 g/mol. The smallest absolute Gasteiger partial charge is 0.0606 e. The minimum Gasteiger partial charge on any atom is -0.0606 e. The first-order valence-corrected chi connectivity index (χ1v) is 3.66. The molecule has 0 bridgehead atoms. The number of halogens is 1. The predicted molar refractivity (Wildman–Crippen MR) is 43.4 cm³/mol. The second kappa shape index (κ2) is 2.92. The Morgan fingerprint density at radius 1 is 1.40 bits per heavy atom. The molecule has 0 spiro atoms. The predicted octanol–water partition coefficient (Wildman–Crippen LogP) is 2.49. The van der Waals surface area contributed by atoms with Crippen LogP contribution in [0.2, 0.25) is 0 Å². The second-order valence-corrected chi connectivity index (χ2v) is 2.80. The van der Waals surface area contributed by atoms with Crippen molar-refractivity contribution in [1.29, 1.82) is 0 Å². The number of nitroso groups, excluding NO2 is 1. The number of para-hydroxylation sites is 1. The molecule has 0 radical (unpaired) electrons. The van der Waals surface area contributed by atoms with Crippen LogP contribution < -0.4 is 0 Å². The summed E-state index contributed by atoms with van der Waals surface area (Å²) in [6.07, 6.45) is 0. The Morgan fingerprint density at radius 3 is 2.40 bits per heavy atom. The van der Waals surface area contributed by atoms with Gasteiger partial charge in [0.2, 0.25) is 0 Å². The van der Waals surface area contributed by atoms with E-state index in [9.17, 15) is 4.91 Å². The molecule has 1 aromatic rings. The lowest BCUT2D eigenvalue weighted by molar-refractivity contribution is -0.429. The van der Waals surface area contributed by atoms with Crippen molar-refractivity contribution in [2.75, 3.05) is 7.05 Å². The topological polar surface area (TPSA) is 20.1 Å². The van der Waals surface area contributed by atoms with Gasteiger partial charge in [-0.25, -0.2) is 0 Å². The Bertz CT molecular complexity index is 260. The van der Waals surface area contributed by atoms with E-state index in [2.05, 4.69) is 15.9 Å². The summed E-state index contributed by atoms with van der Waals surface area (Å²) in [5, 5.41) is 0. The molecule has 1 rings (SSSR count). The van der Waals surface area contributed by atoms with Crippen LogP contribution in [0, 0.1) is 4.91 Å². The van der Waals surface area contributed by atoms with E-state index in [0.717, 1.165) is 9.23 Å². The molecule has 2 nitrogen and oxygen atoms in total. The first-order valence-electron chi connectivity index (χ1n) is 2.87. The van der Waals surface area contributed by atoms with Crippen LogP contribution in [0.25, 0.3) is 0 Å². The Morgan fingerprint density at radius 2 is 2.00 bits per heavy atom. The SMILES string of the molecule is C[N+](=O)c1ccccc1Br. The van der Waals surface area contributed by atoms with Crippen molar-refractivity contribution in [2.24, 2.45) is 0 Å². The van der Waals surface area contributed by atoms with E-state index >= 15 is 0 Å². The van der Waals surface area contributed by atoms with Crippen molar-refractivity contribution in [3.8, 4) is 0 Å². The van der Waals surface area contributed by atoms with E-state index in [1.165, 1.54) is 7.05 Å². The maximum absolute atomic E-state index is 10.8. The minimum atomic E-state index is 0.655. The molecule has 0 atom stereocenters. The van der Waals surface area contributed by atoms with Crippen molar-refractivity contribution in [2.45, 2.75) is 0 Å². The van der Waals surface area contributed by atoms with Crippen molar-refractivity contribution in [1.82, 2.24) is 0 Å². The first kappa shape index (κ1) is 7.41. The summed E-state index contributed by atoms with van der Waals surface area (Å²) in [5.41, 5.74) is 0.655. The molecule has 0 aliphatic rings. The van der Waals surface area contributed by atoms with Crippen LogP contribution in [0.4, 0.5) is 5.69 Å². The Hall–Kier alpha value is -0.700. The lowest BCUT2D eigenvalue weighted by Crippen LogP contribution is -1.90. The fourth-order valence-electron chi connectivity index (χ4n) is 0.707. The maximum atomic E-state index is 10.8. The summed E-state index contributed by atoms with van der Waals surface area (Å²) >= 11 is 3.26. The fourth-order valence-corrected chi connectivity index (χ4v) is 1.24. The van der Waals surface area contributed by atoms with E-state index in [0.29, 0.717) is 5.69 Å². The van der Waals surface area contributed by atoms with Crippen LogP contribution in [0.3, 0.4) is 0 Å². The third-order valence-corrected chi connectivity index (χ3v) is 1.86. The van der Waals surface area contributed by atoms with Crippen molar-refractivity contribution < 1.29 is 4.76 Å². The number of nitrogens with zero attached hydrogens (tertiary/aromatic N) is 1. The highest BCUT2D eigenvalue weighted by atomic mass is 79.9. The highest BCUT2D eigenvalue weighted by molar-refractivity contribution is 9.10. The normalized spacial score (nSPS) is 9.40. The Balaban J connectivity index is 3.15. The molecular formula is C7H7BrNO+. The molecule has 3 heteroatoms. The second-order valence-electron chi connectivity index (χ2n) is 1.95. The van der Waals surface area contributed by atoms with Gasteiger partial charge in [-0.05, 0) is 22.0 Å². The Labute approximate surface area is 67.6 Å². The van der Waals surface area contributed by atoms with E-state index in [1.807, 2.05) is 18.2 Å². The Kier molecular flexibility index (Phi) is 2.17. The van der Waals surface area contributed by atoms with Gasteiger partial charge in [0, 0.05) is 15.7 Å². The van der Waals surface area contributed by atoms with Gasteiger partial charge in [0.1, 0.15) is 0 Å². The fraction of sp³-hybridized carbons (Fsp3) is 0.143. The standard InChI is InChI=1S/C7H7BrNO/c1-9(10)7-5-3-2-4-6(7)8/h2-5H,1H3/q+1. The van der Waals surface area contributed by atoms with Crippen LogP contribution in [0.1, 0.15) is 0 Å². The summed E-state index contributed by atoms with van der Waals surface area (Å²) in [6.45, 7) is 0. The summed E-state index contributed by atoms with van der Waals surface area (Å²) in [6, 6.07) is 7.30. The van der Waals surface area contributed by atoms with Crippen LogP contribution in [0.15, 0.2) is 28.7 Å². The van der Waals surface area contributed by atoms with Gasteiger partial charge in [-0.3, -0.25) is 0 Å². The van der Waals surface area contributed by atoms with Gasteiger partial charge in [0.05, 0.1) is 4.47 Å². The number of hydrogen-bond donors (Lipinski definition) is 0. The zero-order chi connectivity index (χ0) is 7.56. The average Bonchev–Trinajstić information content (AvgIpc) is 1.88. The molecule has 0 heterocycles. The van der Waals surface area contributed by atoms with Gasteiger partial charge in [0.15, 0.2) is 7.05 Å². The summed E-state index contributed by atoms with van der Waals surface area (Å²) in [5.74, 6) is 0. The van der Waals surface area contributed by atoms with Gasteiger partial charge in [0.25, 0.3) is 5.69 Å². The molecular weight excluding hydrogens is 194 g/mol. The molecule has 52 valence electrons. The quantitative estimate of drug-likeness (QED) is 0.639. The molecule has 0 saturated heterocycles. The summed E-state index contributed by atoms with van der Waals surface area (Å²) < 4.78 is 1.65. The number of benzene rings is 1. The third-order valence-electron chi connectivity index (χ3n) is 1.19. The zero-order valence-electron chi connectivity index (χ0n) is 5.54. The number of hydrogen-bond acceptors (Lipinski definition) is 1. The van der Waals surface area contributed by atoms with E-state index in [4.69, 9.17) is 0 Å². The molecule has 0 aliphatic carbocycles. The lowest BCUT2D eigenvalue weighted by Gasteiger charge is -1.88. The molecule has 1 aromatic carbocycles. The minimum absolute atomic E-state index is 0.655. The summed E-state index contributed by atoms with van der Waals surface area (Å²) in [4.78, 5) is 10.8. The lowest BCUT2D eigenvalue weighted by atomic mass is 10.3. The van der Waals surface area contributed by atoms with Crippen LogP contribution in [-0.2, 0) is 0 Å². The van der Waals surface area contributed by atoms with E-state index in [-0.39, 0.29) is 0 Å². The molecule has 0 fully saturated rings. The molecule has 0 amide bonds. The third kappa shape index (κ3) is 1.42. The first-order chi connectivity index (χ1) is 4.72.